The molecule has 0 spiro atoms. The molecule has 1 aliphatic carbocycles. The predicted octanol–water partition coefficient (Wildman–Crippen LogP) is 4.69. The number of benzene rings is 2. The summed E-state index contributed by atoms with van der Waals surface area (Å²) in [5.41, 5.74) is 0.927. The summed E-state index contributed by atoms with van der Waals surface area (Å²) in [5.74, 6) is 3.16. The minimum atomic E-state index is 0.473. The average molecular weight is 424 g/mol. The number of tetrazole rings is 1. The normalized spacial score (nSPS) is 13.4. The molecule has 146 valence electrons. The highest BCUT2D eigenvalue weighted by atomic mass is 32.2. The average Bonchev–Trinajstić information content (AvgIpc) is 3.32. The van der Waals surface area contributed by atoms with E-state index in [1.165, 1.54) is 11.3 Å². The summed E-state index contributed by atoms with van der Waals surface area (Å²) >= 11 is 3.10. The highest BCUT2D eigenvalue weighted by Gasteiger charge is 2.27. The lowest BCUT2D eigenvalue weighted by Crippen LogP contribution is -2.02. The molecule has 2 aromatic heterocycles. The number of para-hydroxylation sites is 1. The van der Waals surface area contributed by atoms with E-state index in [1.807, 2.05) is 59.3 Å². The quantitative estimate of drug-likeness (QED) is 0.408. The lowest BCUT2D eigenvalue weighted by Gasteiger charge is -2.06. The van der Waals surface area contributed by atoms with Crippen LogP contribution in [0, 0.1) is 0 Å². The van der Waals surface area contributed by atoms with E-state index in [0.29, 0.717) is 11.8 Å². The Morgan fingerprint density at radius 2 is 1.79 bits per heavy atom. The van der Waals surface area contributed by atoms with E-state index < -0.39 is 0 Å². The molecule has 10 heteroatoms. The van der Waals surface area contributed by atoms with Crippen molar-refractivity contribution in [3.8, 4) is 11.5 Å². The van der Waals surface area contributed by atoms with Crippen molar-refractivity contribution in [3.05, 3.63) is 60.4 Å². The topological polar surface area (TPSA) is 90.6 Å². The summed E-state index contributed by atoms with van der Waals surface area (Å²) in [6.07, 6.45) is 2.32. The summed E-state index contributed by atoms with van der Waals surface area (Å²) in [6, 6.07) is 17.9. The zero-order chi connectivity index (χ0) is 19.5. The number of nitrogens with one attached hydrogen (secondary N) is 1. The van der Waals surface area contributed by atoms with Crippen molar-refractivity contribution in [2.24, 2.45) is 0 Å². The van der Waals surface area contributed by atoms with Gasteiger partial charge < -0.3 is 10.1 Å². The molecule has 1 fully saturated rings. The number of nitrogens with zero attached hydrogens (tertiary/aromatic N) is 6. The molecule has 1 saturated carbocycles. The highest BCUT2D eigenvalue weighted by molar-refractivity contribution is 8.00. The largest absolute Gasteiger partial charge is 0.457 e. The van der Waals surface area contributed by atoms with Crippen LogP contribution >= 0.6 is 23.1 Å². The van der Waals surface area contributed by atoms with Crippen LogP contribution in [0.5, 0.6) is 11.5 Å². The second kappa shape index (κ2) is 8.18. The van der Waals surface area contributed by atoms with Gasteiger partial charge in [-0.15, -0.1) is 15.3 Å². The van der Waals surface area contributed by atoms with Gasteiger partial charge in [-0.3, -0.25) is 0 Å². The van der Waals surface area contributed by atoms with Crippen LogP contribution in [0.25, 0.3) is 0 Å². The molecule has 2 aromatic carbocycles. The Hall–Kier alpha value is -2.98. The number of aromatic nitrogens is 6. The Morgan fingerprint density at radius 3 is 2.59 bits per heavy atom. The van der Waals surface area contributed by atoms with Crippen molar-refractivity contribution in [3.63, 3.8) is 0 Å². The minimum absolute atomic E-state index is 0.473. The fraction of sp³-hybridized carbons (Fsp3) is 0.211. The molecule has 1 aliphatic rings. The first-order chi connectivity index (χ1) is 14.3. The Morgan fingerprint density at radius 1 is 1.00 bits per heavy atom. The van der Waals surface area contributed by atoms with E-state index in [0.717, 1.165) is 45.3 Å². The number of hydrogen-bond acceptors (Lipinski definition) is 9. The third kappa shape index (κ3) is 4.54. The molecule has 8 nitrogen and oxygen atoms in total. The van der Waals surface area contributed by atoms with Gasteiger partial charge in [-0.25, -0.2) is 4.68 Å². The van der Waals surface area contributed by atoms with Gasteiger partial charge in [0.25, 0.3) is 0 Å². The maximum absolute atomic E-state index is 5.81. The van der Waals surface area contributed by atoms with E-state index in [-0.39, 0.29) is 0 Å². The van der Waals surface area contributed by atoms with Gasteiger partial charge in [0.2, 0.25) is 5.13 Å². The third-order valence-electron chi connectivity index (χ3n) is 4.27. The minimum Gasteiger partial charge on any atom is -0.457 e. The fourth-order valence-corrected chi connectivity index (χ4v) is 4.40. The van der Waals surface area contributed by atoms with Crippen LogP contribution in [0.1, 0.15) is 24.7 Å². The van der Waals surface area contributed by atoms with Gasteiger partial charge in [-0.2, -0.15) is 0 Å². The Bertz CT molecular complexity index is 1080. The second-order valence-electron chi connectivity index (χ2n) is 6.50. The summed E-state index contributed by atoms with van der Waals surface area (Å²) < 4.78 is 8.61. The molecule has 2 heterocycles. The molecule has 1 N–H and O–H groups in total. The maximum atomic E-state index is 5.81. The van der Waals surface area contributed by atoms with Crippen molar-refractivity contribution in [2.75, 3.05) is 5.32 Å². The van der Waals surface area contributed by atoms with Crippen molar-refractivity contribution in [2.45, 2.75) is 29.0 Å². The third-order valence-corrected chi connectivity index (χ3v) is 6.24. The molecule has 0 unspecified atom stereocenters. The molecule has 0 bridgehead atoms. The van der Waals surface area contributed by atoms with Crippen molar-refractivity contribution in [1.82, 2.24) is 30.4 Å². The summed E-state index contributed by atoms with van der Waals surface area (Å²) in [6.45, 7) is 0. The van der Waals surface area contributed by atoms with E-state index in [9.17, 15) is 0 Å². The van der Waals surface area contributed by atoms with Crippen LogP contribution in [0.4, 0.5) is 10.8 Å². The van der Waals surface area contributed by atoms with Crippen molar-refractivity contribution < 1.29 is 4.74 Å². The lowest BCUT2D eigenvalue weighted by molar-refractivity contribution is 0.483. The second-order valence-corrected chi connectivity index (χ2v) is 8.70. The molecule has 29 heavy (non-hydrogen) atoms. The number of hydrogen-bond donors (Lipinski definition) is 1. The predicted molar refractivity (Wildman–Crippen MR) is 112 cm³/mol. The number of anilines is 2. The van der Waals surface area contributed by atoms with Crippen molar-refractivity contribution >= 4 is 33.9 Å². The van der Waals surface area contributed by atoms with Gasteiger partial charge in [0.15, 0.2) is 10.2 Å². The molecular formula is C19H17N7OS2. The zero-order valence-electron chi connectivity index (χ0n) is 15.3. The highest BCUT2D eigenvalue weighted by Crippen LogP contribution is 2.36. The van der Waals surface area contributed by atoms with E-state index in [2.05, 4.69) is 31.0 Å². The first-order valence-corrected chi connectivity index (χ1v) is 11.0. The molecule has 0 aliphatic heterocycles. The van der Waals surface area contributed by atoms with Crippen LogP contribution in [0.2, 0.25) is 0 Å². The standard InChI is InChI=1S/C19H17N7OS2/c1-2-4-15(5-3-1)27-16-10-6-13(7-11-16)20-18-22-23-19(29-18)28-12-17-21-24-25-26(17)14-8-9-14/h1-7,10-11,14H,8-9,12H2,(H,20,22). The summed E-state index contributed by atoms with van der Waals surface area (Å²) in [5, 5.41) is 24.5. The zero-order valence-corrected chi connectivity index (χ0v) is 16.9. The summed E-state index contributed by atoms with van der Waals surface area (Å²) in [4.78, 5) is 0. The molecule has 0 radical (unpaired) electrons. The number of ether oxygens (including phenoxy) is 1. The van der Waals surface area contributed by atoms with Crippen LogP contribution in [-0.4, -0.2) is 30.4 Å². The molecular weight excluding hydrogens is 406 g/mol. The van der Waals surface area contributed by atoms with Gasteiger partial charge in [0.1, 0.15) is 11.5 Å². The molecule has 0 atom stereocenters. The van der Waals surface area contributed by atoms with E-state index >= 15 is 0 Å². The van der Waals surface area contributed by atoms with Crippen molar-refractivity contribution in [1.29, 1.82) is 0 Å². The van der Waals surface area contributed by atoms with Crippen LogP contribution < -0.4 is 10.1 Å². The number of thioether (sulfide) groups is 1. The van der Waals surface area contributed by atoms with E-state index in [1.54, 1.807) is 11.8 Å². The fourth-order valence-electron chi connectivity index (χ4n) is 2.71. The molecule has 4 aromatic rings. The van der Waals surface area contributed by atoms with Gasteiger partial charge in [-0.1, -0.05) is 41.3 Å². The van der Waals surface area contributed by atoms with E-state index in [4.69, 9.17) is 4.74 Å². The Balaban J connectivity index is 1.17. The Labute approximate surface area is 175 Å². The van der Waals surface area contributed by atoms with Crippen LogP contribution in [0.3, 0.4) is 0 Å². The molecule has 0 amide bonds. The molecule has 5 rings (SSSR count). The monoisotopic (exact) mass is 423 g/mol. The first-order valence-electron chi connectivity index (χ1n) is 9.16. The van der Waals surface area contributed by atoms with Gasteiger partial charge in [0.05, 0.1) is 11.8 Å². The summed E-state index contributed by atoms with van der Waals surface area (Å²) in [7, 11) is 0. The van der Waals surface area contributed by atoms with Crippen LogP contribution in [-0.2, 0) is 5.75 Å². The smallest absolute Gasteiger partial charge is 0.210 e. The Kier molecular flexibility index (Phi) is 5.10. The maximum Gasteiger partial charge on any atom is 0.210 e. The lowest BCUT2D eigenvalue weighted by atomic mass is 10.3. The van der Waals surface area contributed by atoms with Crippen LogP contribution in [0.15, 0.2) is 58.9 Å². The molecule has 0 saturated heterocycles. The van der Waals surface area contributed by atoms with Gasteiger partial charge in [0, 0.05) is 5.69 Å². The number of rotatable bonds is 8. The first kappa shape index (κ1) is 18.1. The SMILES string of the molecule is c1ccc(Oc2ccc(Nc3nnc(SCc4nnnn4C4CC4)s3)cc2)cc1. The van der Waals surface area contributed by atoms with Gasteiger partial charge in [-0.05, 0) is 59.7 Å². The van der Waals surface area contributed by atoms with Gasteiger partial charge >= 0.3 is 0 Å².